The Hall–Kier alpha value is -3.53. The van der Waals surface area contributed by atoms with E-state index >= 15 is 0 Å². The maximum absolute atomic E-state index is 12.6. The minimum Gasteiger partial charge on any atom is -0.454 e. The van der Waals surface area contributed by atoms with E-state index < -0.39 is 0 Å². The van der Waals surface area contributed by atoms with Gasteiger partial charge in [0.1, 0.15) is 0 Å². The Morgan fingerprint density at radius 2 is 1.81 bits per heavy atom. The van der Waals surface area contributed by atoms with E-state index in [2.05, 4.69) is 16.2 Å². The molecule has 4 rings (SSSR count). The zero-order valence-corrected chi connectivity index (χ0v) is 17.8. The standard InChI is InChI=1S/C21H23N5O4S/c1-2-25-15-5-3-4-6-16(15)26(21(25)28)10-9-19(27)23-24-20(31)22-12-14-7-8-17-18(11-14)30-13-29-17/h3-8,11H,2,9-10,12-13H2,1H3,(H,23,27)(H2,22,24,31). The number of hydrazine groups is 1. The molecular formula is C21H23N5O4S. The molecule has 10 heteroatoms. The van der Waals surface area contributed by atoms with E-state index in [0.717, 1.165) is 22.3 Å². The van der Waals surface area contributed by atoms with E-state index in [-0.39, 0.29) is 36.5 Å². The van der Waals surface area contributed by atoms with Gasteiger partial charge in [-0.05, 0) is 49.0 Å². The average Bonchev–Trinajstić information content (AvgIpc) is 3.35. The lowest BCUT2D eigenvalue weighted by Gasteiger charge is -2.12. The third-order valence-corrected chi connectivity index (χ3v) is 5.26. The molecule has 1 aromatic heterocycles. The molecule has 3 aromatic rings. The van der Waals surface area contributed by atoms with Crippen LogP contribution >= 0.6 is 12.2 Å². The highest BCUT2D eigenvalue weighted by Crippen LogP contribution is 2.32. The van der Waals surface area contributed by atoms with E-state index in [1.54, 1.807) is 9.13 Å². The SMILES string of the molecule is CCn1c(=O)n(CCC(=O)NNC(=S)NCc2ccc3c(c2)OCO3)c2ccccc21. The molecule has 31 heavy (non-hydrogen) atoms. The highest BCUT2D eigenvalue weighted by molar-refractivity contribution is 7.80. The second-order valence-corrected chi connectivity index (χ2v) is 7.37. The van der Waals surface area contributed by atoms with Gasteiger partial charge in [-0.2, -0.15) is 0 Å². The van der Waals surface area contributed by atoms with Crippen LogP contribution in [0.4, 0.5) is 0 Å². The number of imidazole rings is 1. The summed E-state index contributed by atoms with van der Waals surface area (Å²) in [5.41, 5.74) is 7.76. The maximum Gasteiger partial charge on any atom is 0.329 e. The molecule has 9 nitrogen and oxygen atoms in total. The van der Waals surface area contributed by atoms with Crippen molar-refractivity contribution >= 4 is 34.3 Å². The normalized spacial score (nSPS) is 12.0. The molecule has 0 unspecified atom stereocenters. The summed E-state index contributed by atoms with van der Waals surface area (Å²) in [6, 6.07) is 13.2. The van der Waals surface area contributed by atoms with Gasteiger partial charge in [0, 0.05) is 26.1 Å². The van der Waals surface area contributed by atoms with Gasteiger partial charge in [-0.1, -0.05) is 18.2 Å². The molecule has 2 aromatic carbocycles. The van der Waals surface area contributed by atoms with Crippen LogP contribution < -0.4 is 31.3 Å². The summed E-state index contributed by atoms with van der Waals surface area (Å²) in [4.78, 5) is 24.9. The van der Waals surface area contributed by atoms with Gasteiger partial charge < -0.3 is 14.8 Å². The average molecular weight is 442 g/mol. The first-order valence-corrected chi connectivity index (χ1v) is 10.4. The van der Waals surface area contributed by atoms with Crippen molar-refractivity contribution < 1.29 is 14.3 Å². The Morgan fingerprint density at radius 1 is 1.06 bits per heavy atom. The molecule has 0 saturated carbocycles. The van der Waals surface area contributed by atoms with Crippen molar-refractivity contribution in [2.75, 3.05) is 6.79 Å². The van der Waals surface area contributed by atoms with E-state index in [1.165, 1.54) is 0 Å². The minimum absolute atomic E-state index is 0.120. The summed E-state index contributed by atoms with van der Waals surface area (Å²) in [5, 5.41) is 3.30. The van der Waals surface area contributed by atoms with Crippen LogP contribution in [0.25, 0.3) is 11.0 Å². The summed E-state index contributed by atoms with van der Waals surface area (Å²) in [5.74, 6) is 1.15. The maximum atomic E-state index is 12.6. The Kier molecular flexibility index (Phi) is 6.08. The fraction of sp³-hybridized carbons (Fsp3) is 0.286. The second kappa shape index (κ2) is 9.09. The van der Waals surface area contributed by atoms with Crippen molar-refractivity contribution in [3.63, 3.8) is 0 Å². The molecule has 1 amide bonds. The zero-order chi connectivity index (χ0) is 21.8. The highest BCUT2D eigenvalue weighted by atomic mass is 32.1. The monoisotopic (exact) mass is 441 g/mol. The number of aryl methyl sites for hydroxylation is 2. The van der Waals surface area contributed by atoms with Gasteiger partial charge in [-0.25, -0.2) is 4.79 Å². The van der Waals surface area contributed by atoms with Crippen LogP contribution in [0.2, 0.25) is 0 Å². The van der Waals surface area contributed by atoms with Crippen LogP contribution in [-0.4, -0.2) is 26.9 Å². The number of para-hydroxylation sites is 2. The van der Waals surface area contributed by atoms with Gasteiger partial charge >= 0.3 is 5.69 Å². The fourth-order valence-corrected chi connectivity index (χ4v) is 3.60. The van der Waals surface area contributed by atoms with Crippen LogP contribution in [0.15, 0.2) is 47.3 Å². The van der Waals surface area contributed by atoms with Crippen LogP contribution in [0, 0.1) is 0 Å². The first-order valence-electron chi connectivity index (χ1n) is 9.96. The predicted octanol–water partition coefficient (Wildman–Crippen LogP) is 1.64. The van der Waals surface area contributed by atoms with E-state index in [9.17, 15) is 9.59 Å². The number of hydrogen-bond acceptors (Lipinski definition) is 5. The second-order valence-electron chi connectivity index (χ2n) is 6.96. The Balaban J connectivity index is 1.26. The Labute approximate surface area is 183 Å². The molecular weight excluding hydrogens is 418 g/mol. The lowest BCUT2D eigenvalue weighted by Crippen LogP contribution is -2.46. The van der Waals surface area contributed by atoms with Crippen molar-refractivity contribution in [1.29, 1.82) is 0 Å². The summed E-state index contributed by atoms with van der Waals surface area (Å²) >= 11 is 5.20. The molecule has 0 radical (unpaired) electrons. The van der Waals surface area contributed by atoms with Crippen molar-refractivity contribution in [3.8, 4) is 11.5 Å². The number of rotatable bonds is 6. The molecule has 1 aliphatic rings. The van der Waals surface area contributed by atoms with Gasteiger partial charge in [-0.3, -0.25) is 24.8 Å². The molecule has 0 saturated heterocycles. The number of hydrogen-bond donors (Lipinski definition) is 3. The molecule has 0 bridgehead atoms. The first-order chi connectivity index (χ1) is 15.1. The topological polar surface area (TPSA) is 98.6 Å². The number of fused-ring (bicyclic) bond motifs is 2. The van der Waals surface area contributed by atoms with Crippen LogP contribution in [-0.2, 0) is 24.4 Å². The Bertz CT molecular complexity index is 1190. The number of nitrogens with one attached hydrogen (secondary N) is 3. The van der Waals surface area contributed by atoms with E-state index in [4.69, 9.17) is 21.7 Å². The number of nitrogens with zero attached hydrogens (tertiary/aromatic N) is 2. The van der Waals surface area contributed by atoms with E-state index in [1.807, 2.05) is 49.4 Å². The number of benzene rings is 2. The van der Waals surface area contributed by atoms with Crippen LogP contribution in [0.1, 0.15) is 18.9 Å². The van der Waals surface area contributed by atoms with Crippen LogP contribution in [0.3, 0.4) is 0 Å². The number of ether oxygens (including phenoxy) is 2. The van der Waals surface area contributed by atoms with Gasteiger partial charge in [0.25, 0.3) is 0 Å². The number of thiocarbonyl (C=S) groups is 1. The molecule has 2 heterocycles. The van der Waals surface area contributed by atoms with Crippen molar-refractivity contribution in [2.24, 2.45) is 0 Å². The summed E-state index contributed by atoms with van der Waals surface area (Å²) in [6.45, 7) is 3.46. The van der Waals surface area contributed by atoms with Crippen molar-refractivity contribution in [1.82, 2.24) is 25.3 Å². The molecule has 0 atom stereocenters. The molecule has 162 valence electrons. The molecule has 0 spiro atoms. The number of aromatic nitrogens is 2. The number of carbonyl (C=O) groups excluding carboxylic acids is 1. The quantitative estimate of drug-likeness (QED) is 0.395. The van der Waals surface area contributed by atoms with Gasteiger partial charge in [-0.15, -0.1) is 0 Å². The smallest absolute Gasteiger partial charge is 0.329 e. The summed E-state index contributed by atoms with van der Waals surface area (Å²) in [7, 11) is 0. The summed E-state index contributed by atoms with van der Waals surface area (Å²) in [6.07, 6.45) is 0.134. The molecule has 1 aliphatic heterocycles. The first kappa shape index (κ1) is 20.7. The summed E-state index contributed by atoms with van der Waals surface area (Å²) < 4.78 is 14.0. The third kappa shape index (κ3) is 4.48. The van der Waals surface area contributed by atoms with Gasteiger partial charge in [0.05, 0.1) is 11.0 Å². The largest absolute Gasteiger partial charge is 0.454 e. The van der Waals surface area contributed by atoms with E-state index in [0.29, 0.717) is 18.8 Å². The molecule has 0 fully saturated rings. The van der Waals surface area contributed by atoms with Crippen LogP contribution in [0.5, 0.6) is 11.5 Å². The van der Waals surface area contributed by atoms with Gasteiger partial charge in [0.2, 0.25) is 12.7 Å². The highest BCUT2D eigenvalue weighted by Gasteiger charge is 2.14. The zero-order valence-electron chi connectivity index (χ0n) is 17.0. The van der Waals surface area contributed by atoms with Gasteiger partial charge in [0.15, 0.2) is 16.6 Å². The molecule has 0 aliphatic carbocycles. The fourth-order valence-electron chi connectivity index (χ4n) is 3.47. The third-order valence-electron chi connectivity index (χ3n) is 5.01. The number of carbonyl (C=O) groups is 1. The van der Waals surface area contributed by atoms with Crippen molar-refractivity contribution in [2.45, 2.75) is 33.0 Å². The Morgan fingerprint density at radius 3 is 2.58 bits per heavy atom. The van der Waals surface area contributed by atoms with Crippen molar-refractivity contribution in [3.05, 3.63) is 58.5 Å². The number of amides is 1. The minimum atomic E-state index is -0.271. The predicted molar refractivity (Wildman–Crippen MR) is 120 cm³/mol. The lowest BCUT2D eigenvalue weighted by atomic mass is 10.2. The molecule has 3 N–H and O–H groups in total. The lowest BCUT2D eigenvalue weighted by molar-refractivity contribution is -0.121.